The molecule has 0 saturated carbocycles. The average Bonchev–Trinajstić information content (AvgIpc) is 3.27. The largest absolute Gasteiger partial charge is 0.467 e. The summed E-state index contributed by atoms with van der Waals surface area (Å²) in [5, 5.41) is 12.5. The van der Waals surface area contributed by atoms with Gasteiger partial charge in [0.25, 0.3) is 5.91 Å². The molecule has 37 heavy (non-hydrogen) atoms. The summed E-state index contributed by atoms with van der Waals surface area (Å²) in [6.07, 6.45) is 0. The van der Waals surface area contributed by atoms with Crippen LogP contribution in [-0.4, -0.2) is 85.7 Å². The Morgan fingerprint density at radius 3 is 2.51 bits per heavy atom. The number of hydrogen-bond donors (Lipinski definition) is 3. The summed E-state index contributed by atoms with van der Waals surface area (Å²) in [6, 6.07) is -1.55. The van der Waals surface area contributed by atoms with Crippen molar-refractivity contribution in [3.63, 3.8) is 0 Å². The van der Waals surface area contributed by atoms with E-state index in [1.807, 2.05) is 0 Å². The Kier molecular flexibility index (Phi) is 10.2. The van der Waals surface area contributed by atoms with E-state index in [1.165, 1.54) is 19.2 Å². The van der Waals surface area contributed by atoms with E-state index in [0.717, 1.165) is 24.5 Å². The van der Waals surface area contributed by atoms with Crippen LogP contribution in [-0.2, 0) is 38.3 Å². The molecule has 0 spiro atoms. The Labute approximate surface area is 223 Å². The van der Waals surface area contributed by atoms with Crippen LogP contribution in [0.2, 0.25) is 25.7 Å². The maximum Gasteiger partial charge on any atom is 0.352 e. The fourth-order valence-electron chi connectivity index (χ4n) is 2.68. The second-order valence-electron chi connectivity index (χ2n) is 9.67. The van der Waals surface area contributed by atoms with Gasteiger partial charge in [-0.1, -0.05) is 24.8 Å². The Bertz CT molecular complexity index is 1090. The lowest BCUT2D eigenvalue weighted by atomic mass is 9.99. The molecule has 1 aromatic heterocycles. The van der Waals surface area contributed by atoms with E-state index >= 15 is 0 Å². The monoisotopic (exact) mass is 575 g/mol. The highest BCUT2D eigenvalue weighted by atomic mass is 35.5. The van der Waals surface area contributed by atoms with Crippen LogP contribution in [0.4, 0.5) is 5.13 Å². The summed E-state index contributed by atoms with van der Waals surface area (Å²) in [5.74, 6) is -3.79. The second kappa shape index (κ2) is 12.5. The minimum atomic E-state index is -1.57. The van der Waals surface area contributed by atoms with Gasteiger partial charge in [-0.2, -0.15) is 0 Å². The molecule has 1 aromatic rings. The number of nitrogens with one attached hydrogen (secondary N) is 3. The topological polar surface area (TPSA) is 174 Å². The molecule has 0 aliphatic carbocycles. The summed E-state index contributed by atoms with van der Waals surface area (Å²) in [4.78, 5) is 70.6. The van der Waals surface area contributed by atoms with E-state index in [9.17, 15) is 24.0 Å². The summed E-state index contributed by atoms with van der Waals surface area (Å²) in [5.41, 5.74) is -2.00. The zero-order valence-corrected chi connectivity index (χ0v) is 23.9. The molecule has 2 atom stereocenters. The summed E-state index contributed by atoms with van der Waals surface area (Å²) >= 11 is 6.48. The molecule has 1 fully saturated rings. The SMILES string of the molecule is COC(=O)C1NC(=O)C1NC(=O)C(=NOC(C)(C)C(=O)OCC[Si](C)(C)C)c1csc(NC(=O)CCl)n1. The number of esters is 2. The van der Waals surface area contributed by atoms with Gasteiger partial charge in [0.1, 0.15) is 17.6 Å². The van der Waals surface area contributed by atoms with Crippen molar-refractivity contribution in [3.8, 4) is 0 Å². The molecule has 2 heterocycles. The van der Waals surface area contributed by atoms with Crippen molar-refractivity contribution in [1.82, 2.24) is 15.6 Å². The molecule has 0 bridgehead atoms. The fourth-order valence-corrected chi connectivity index (χ4v) is 4.17. The average molecular weight is 576 g/mol. The molecular formula is C21H30ClN5O8SSi. The third-order valence-electron chi connectivity index (χ3n) is 4.93. The van der Waals surface area contributed by atoms with Gasteiger partial charge in [-0.3, -0.25) is 14.4 Å². The first-order valence-corrected chi connectivity index (χ1v) is 16.2. The van der Waals surface area contributed by atoms with E-state index in [4.69, 9.17) is 21.2 Å². The zero-order valence-electron chi connectivity index (χ0n) is 21.3. The van der Waals surface area contributed by atoms with Crippen LogP contribution in [0.25, 0.3) is 0 Å². The number of carbonyl (C=O) groups excluding carboxylic acids is 5. The Morgan fingerprint density at radius 1 is 1.27 bits per heavy atom. The van der Waals surface area contributed by atoms with Crippen LogP contribution in [0.5, 0.6) is 0 Å². The summed E-state index contributed by atoms with van der Waals surface area (Å²) in [7, 11) is -0.294. The second-order valence-corrected chi connectivity index (χ2v) is 16.4. The van der Waals surface area contributed by atoms with Gasteiger partial charge in [0.15, 0.2) is 16.9 Å². The molecule has 16 heteroatoms. The van der Waals surface area contributed by atoms with Crippen molar-refractivity contribution in [1.29, 1.82) is 0 Å². The molecule has 1 saturated heterocycles. The third kappa shape index (κ3) is 8.50. The van der Waals surface area contributed by atoms with Gasteiger partial charge in [0.05, 0.1) is 13.7 Å². The summed E-state index contributed by atoms with van der Waals surface area (Å²) < 4.78 is 9.93. The predicted octanol–water partition coefficient (Wildman–Crippen LogP) is 0.857. The molecule has 2 unspecified atom stereocenters. The van der Waals surface area contributed by atoms with Crippen molar-refractivity contribution < 1.29 is 38.3 Å². The van der Waals surface area contributed by atoms with Gasteiger partial charge in [-0.25, -0.2) is 14.6 Å². The van der Waals surface area contributed by atoms with Crippen LogP contribution in [0, 0.1) is 0 Å². The number of methoxy groups -OCH3 is 1. The number of alkyl halides is 1. The zero-order chi connectivity index (χ0) is 28.0. The van der Waals surface area contributed by atoms with Gasteiger partial charge in [0.2, 0.25) is 17.4 Å². The first-order valence-electron chi connectivity index (χ1n) is 11.1. The molecule has 2 rings (SSSR count). The number of rotatable bonds is 12. The van der Waals surface area contributed by atoms with Gasteiger partial charge < -0.3 is 30.3 Å². The smallest absolute Gasteiger partial charge is 0.352 e. The third-order valence-corrected chi connectivity index (χ3v) is 7.63. The number of oxime groups is 1. The first kappa shape index (κ1) is 30.2. The molecule has 13 nitrogen and oxygen atoms in total. The predicted molar refractivity (Wildman–Crippen MR) is 138 cm³/mol. The molecule has 204 valence electrons. The number of thiazole rings is 1. The number of nitrogens with zero attached hydrogens (tertiary/aromatic N) is 2. The normalized spacial score (nSPS) is 17.7. The number of β-lactam (4-membered cyclic amide) rings is 1. The molecule has 1 aliphatic heterocycles. The van der Waals surface area contributed by atoms with Crippen LogP contribution in [0.15, 0.2) is 10.5 Å². The van der Waals surface area contributed by atoms with Crippen LogP contribution >= 0.6 is 22.9 Å². The van der Waals surface area contributed by atoms with Gasteiger partial charge in [-0.15, -0.1) is 22.9 Å². The number of amides is 3. The molecule has 0 aromatic carbocycles. The van der Waals surface area contributed by atoms with Crippen LogP contribution < -0.4 is 16.0 Å². The number of anilines is 1. The lowest BCUT2D eigenvalue weighted by Crippen LogP contribution is -2.72. The van der Waals surface area contributed by atoms with Crippen molar-refractivity contribution >= 4 is 71.5 Å². The quantitative estimate of drug-likeness (QED) is 0.0815. The Morgan fingerprint density at radius 2 is 1.95 bits per heavy atom. The van der Waals surface area contributed by atoms with E-state index in [-0.39, 0.29) is 23.3 Å². The van der Waals surface area contributed by atoms with E-state index in [1.54, 1.807) is 0 Å². The minimum absolute atomic E-state index is 0.0235. The van der Waals surface area contributed by atoms with Crippen molar-refractivity contribution in [2.24, 2.45) is 5.16 Å². The first-order chi connectivity index (χ1) is 17.2. The van der Waals surface area contributed by atoms with Crippen molar-refractivity contribution in [2.45, 2.75) is 57.2 Å². The lowest BCUT2D eigenvalue weighted by molar-refractivity contribution is -0.167. The summed E-state index contributed by atoms with van der Waals surface area (Å²) in [6.45, 7) is 9.48. The molecule has 3 N–H and O–H groups in total. The Hall–Kier alpha value is -3.04. The van der Waals surface area contributed by atoms with E-state index < -0.39 is 61.1 Å². The fraction of sp³-hybridized carbons (Fsp3) is 0.571. The van der Waals surface area contributed by atoms with Crippen LogP contribution in [0.3, 0.4) is 0 Å². The highest BCUT2D eigenvalue weighted by Crippen LogP contribution is 2.19. The number of halogens is 1. The molecular weight excluding hydrogens is 546 g/mol. The van der Waals surface area contributed by atoms with Crippen molar-refractivity contribution in [2.75, 3.05) is 24.9 Å². The number of aromatic nitrogens is 1. The highest BCUT2D eigenvalue weighted by molar-refractivity contribution is 7.14. The molecule has 3 amide bonds. The molecule has 0 radical (unpaired) electrons. The lowest BCUT2D eigenvalue weighted by Gasteiger charge is -2.34. The van der Waals surface area contributed by atoms with E-state index in [2.05, 4.69) is 50.5 Å². The van der Waals surface area contributed by atoms with Gasteiger partial charge in [0, 0.05) is 13.5 Å². The maximum absolute atomic E-state index is 13.1. The maximum atomic E-state index is 13.1. The van der Waals surface area contributed by atoms with Gasteiger partial charge >= 0.3 is 11.9 Å². The molecule has 1 aliphatic rings. The number of carbonyl (C=O) groups is 5. The van der Waals surface area contributed by atoms with E-state index in [0.29, 0.717) is 0 Å². The highest BCUT2D eigenvalue weighted by Gasteiger charge is 2.46. The standard InChI is InChI=1S/C21H30ClN5O8SSi/c1-21(2,19(32)34-7-8-37(4,5)6)35-27-13(11-10-36-20(23-11)24-12(28)9-22)16(29)25-14-15(18(31)33-3)26-17(14)30/h10,14-15H,7-9H2,1-6H3,(H,25,29)(H,26,30)(H,23,24,28). The minimum Gasteiger partial charge on any atom is -0.467 e. The van der Waals surface area contributed by atoms with Crippen LogP contribution in [0.1, 0.15) is 19.5 Å². The number of hydrogen-bond acceptors (Lipinski definition) is 11. The van der Waals surface area contributed by atoms with Crippen molar-refractivity contribution in [3.05, 3.63) is 11.1 Å². The Balaban J connectivity index is 2.26. The van der Waals surface area contributed by atoms with Gasteiger partial charge in [-0.05, 0) is 19.9 Å². The number of ether oxygens (including phenoxy) is 2.